The summed E-state index contributed by atoms with van der Waals surface area (Å²) in [5.74, 6) is -0.0472. The number of hydrogen-bond donors (Lipinski definition) is 3. The first-order valence-electron chi connectivity index (χ1n) is 36.3. The molecule has 0 aromatic rings. The van der Waals surface area contributed by atoms with E-state index in [1.165, 1.54) is 334 Å². The van der Waals surface area contributed by atoms with Crippen molar-refractivity contribution in [2.24, 2.45) is 0 Å². The summed E-state index contributed by atoms with van der Waals surface area (Å²) in [6.07, 6.45) is 89.5. The summed E-state index contributed by atoms with van der Waals surface area (Å²) in [5.41, 5.74) is 0. The van der Waals surface area contributed by atoms with Gasteiger partial charge in [-0.3, -0.25) is 9.59 Å². The first-order chi connectivity index (χ1) is 39.5. The van der Waals surface area contributed by atoms with Crippen LogP contribution in [0.5, 0.6) is 0 Å². The summed E-state index contributed by atoms with van der Waals surface area (Å²) in [4.78, 5) is 24.6. The minimum Gasteiger partial charge on any atom is -0.466 e. The van der Waals surface area contributed by atoms with Gasteiger partial charge in [-0.25, -0.2) is 0 Å². The van der Waals surface area contributed by atoms with Crippen molar-refractivity contribution in [1.82, 2.24) is 5.32 Å². The first-order valence-corrected chi connectivity index (χ1v) is 36.3. The lowest BCUT2D eigenvalue weighted by Gasteiger charge is -2.20. The fraction of sp³-hybridized carbons (Fsp3) is 0.892. The van der Waals surface area contributed by atoms with Crippen molar-refractivity contribution in [2.45, 2.75) is 411 Å². The molecule has 0 bridgehead atoms. The Labute approximate surface area is 500 Å². The Morgan fingerprint density at radius 2 is 0.588 bits per heavy atom. The first kappa shape index (κ1) is 78.1. The lowest BCUT2D eigenvalue weighted by atomic mass is 10.0. The largest absolute Gasteiger partial charge is 0.466 e. The third kappa shape index (κ3) is 65.2. The molecule has 0 saturated heterocycles. The third-order valence-electron chi connectivity index (χ3n) is 16.9. The van der Waals surface area contributed by atoms with Crippen LogP contribution in [0, 0.1) is 0 Å². The summed E-state index contributed by atoms with van der Waals surface area (Å²) in [6, 6.07) is -0.626. The Morgan fingerprint density at radius 3 is 0.887 bits per heavy atom. The number of esters is 1. The number of carbonyl (C=O) groups is 2. The summed E-state index contributed by atoms with van der Waals surface area (Å²) in [7, 11) is 0. The van der Waals surface area contributed by atoms with Gasteiger partial charge in [0.2, 0.25) is 5.91 Å². The summed E-state index contributed by atoms with van der Waals surface area (Å²) >= 11 is 0. The summed E-state index contributed by atoms with van der Waals surface area (Å²) < 4.78 is 5.51. The Hall–Kier alpha value is -1.92. The highest BCUT2D eigenvalue weighted by molar-refractivity contribution is 5.76. The molecule has 0 spiro atoms. The molecule has 6 nitrogen and oxygen atoms in total. The van der Waals surface area contributed by atoms with Gasteiger partial charge in [0.25, 0.3) is 0 Å². The average molecular weight is 1120 g/mol. The molecule has 1 amide bonds. The lowest BCUT2D eigenvalue weighted by Crippen LogP contribution is -2.45. The van der Waals surface area contributed by atoms with Crippen LogP contribution < -0.4 is 5.32 Å². The van der Waals surface area contributed by atoms with Gasteiger partial charge in [-0.1, -0.05) is 339 Å². The second-order valence-electron chi connectivity index (χ2n) is 24.9. The van der Waals surface area contributed by atoms with Crippen molar-refractivity contribution < 1.29 is 24.5 Å². The molecule has 0 aliphatic heterocycles. The van der Waals surface area contributed by atoms with Crippen molar-refractivity contribution in [2.75, 3.05) is 13.2 Å². The average Bonchev–Trinajstić information content (AvgIpc) is 3.46. The minimum absolute atomic E-state index is 0.0174. The van der Waals surface area contributed by atoms with E-state index in [4.69, 9.17) is 4.74 Å². The molecule has 2 unspecified atom stereocenters. The molecule has 6 heteroatoms. The maximum Gasteiger partial charge on any atom is 0.305 e. The molecule has 0 aromatic heterocycles. The number of hydrogen-bond acceptors (Lipinski definition) is 5. The predicted octanol–water partition coefficient (Wildman–Crippen LogP) is 23.5. The lowest BCUT2D eigenvalue weighted by molar-refractivity contribution is -0.143. The predicted molar refractivity (Wildman–Crippen MR) is 352 cm³/mol. The van der Waals surface area contributed by atoms with Gasteiger partial charge in [0.05, 0.1) is 25.4 Å². The van der Waals surface area contributed by atoms with Crippen LogP contribution in [0.3, 0.4) is 0 Å². The molecule has 0 heterocycles. The van der Waals surface area contributed by atoms with Crippen molar-refractivity contribution in [3.05, 3.63) is 36.5 Å². The van der Waals surface area contributed by atoms with Crippen molar-refractivity contribution in [3.63, 3.8) is 0 Å². The second kappa shape index (κ2) is 69.6. The molecule has 0 rings (SSSR count). The zero-order valence-electron chi connectivity index (χ0n) is 54.1. The molecule has 0 radical (unpaired) electrons. The third-order valence-corrected chi connectivity index (χ3v) is 16.9. The number of unbranched alkanes of at least 4 members (excludes halogenated alkanes) is 53. The molecule has 0 fully saturated rings. The normalized spacial score (nSPS) is 12.7. The van der Waals surface area contributed by atoms with E-state index in [0.29, 0.717) is 19.4 Å². The van der Waals surface area contributed by atoms with Crippen LogP contribution in [0.25, 0.3) is 0 Å². The van der Waals surface area contributed by atoms with Crippen LogP contribution in [0.4, 0.5) is 0 Å². The molecule has 0 aromatic carbocycles. The van der Waals surface area contributed by atoms with Crippen LogP contribution in [-0.2, 0) is 14.3 Å². The van der Waals surface area contributed by atoms with Gasteiger partial charge < -0.3 is 20.3 Å². The van der Waals surface area contributed by atoms with E-state index in [0.717, 1.165) is 38.5 Å². The van der Waals surface area contributed by atoms with E-state index in [1.807, 2.05) is 6.08 Å². The number of aliphatic hydroxyl groups excluding tert-OH is 2. The Balaban J connectivity index is 3.35. The van der Waals surface area contributed by atoms with E-state index in [9.17, 15) is 19.8 Å². The highest BCUT2D eigenvalue weighted by atomic mass is 16.5. The number of amides is 1. The van der Waals surface area contributed by atoms with Crippen molar-refractivity contribution in [1.29, 1.82) is 0 Å². The molecular weight excluding hydrogens is 983 g/mol. The zero-order valence-corrected chi connectivity index (χ0v) is 54.1. The fourth-order valence-electron chi connectivity index (χ4n) is 11.3. The molecule has 2 atom stereocenters. The van der Waals surface area contributed by atoms with Gasteiger partial charge in [-0.15, -0.1) is 0 Å². The Kier molecular flexibility index (Phi) is 67.9. The van der Waals surface area contributed by atoms with Gasteiger partial charge in [-0.05, 0) is 83.5 Å². The molecule has 80 heavy (non-hydrogen) atoms. The van der Waals surface area contributed by atoms with Crippen LogP contribution >= 0.6 is 0 Å². The Bertz CT molecular complexity index is 1300. The van der Waals surface area contributed by atoms with Crippen LogP contribution in [0.2, 0.25) is 0 Å². The van der Waals surface area contributed by atoms with E-state index in [1.54, 1.807) is 6.08 Å². The van der Waals surface area contributed by atoms with E-state index < -0.39 is 12.1 Å². The van der Waals surface area contributed by atoms with Crippen molar-refractivity contribution >= 4 is 11.9 Å². The number of ether oxygens (including phenoxy) is 1. The summed E-state index contributed by atoms with van der Waals surface area (Å²) in [6.45, 7) is 4.92. The number of carbonyl (C=O) groups excluding carboxylic acids is 2. The molecule has 0 aliphatic carbocycles. The maximum atomic E-state index is 12.5. The number of aliphatic hydroxyl groups is 2. The smallest absolute Gasteiger partial charge is 0.305 e. The monoisotopic (exact) mass is 1120 g/mol. The van der Waals surface area contributed by atoms with Gasteiger partial charge in [0.15, 0.2) is 0 Å². The zero-order chi connectivity index (χ0) is 57.8. The Morgan fingerprint density at radius 1 is 0.338 bits per heavy atom. The van der Waals surface area contributed by atoms with Crippen LogP contribution in [-0.4, -0.2) is 47.4 Å². The highest BCUT2D eigenvalue weighted by Gasteiger charge is 2.18. The SMILES string of the molecule is CCCCCCCC/C=C\CCCCCCCCCCCC(=O)OCCCCCCCCCCCCCC/C=C\CCCCCCCCCCCCCCCCCC(=O)NC(CO)C(O)/C=C/CCCCCCCCCCCCC. The molecule has 472 valence electrons. The number of nitrogens with one attached hydrogen (secondary N) is 1. The van der Waals surface area contributed by atoms with Gasteiger partial charge >= 0.3 is 5.97 Å². The van der Waals surface area contributed by atoms with Gasteiger partial charge in [-0.2, -0.15) is 0 Å². The summed E-state index contributed by atoms with van der Waals surface area (Å²) in [5, 5.41) is 23.1. The number of allylic oxidation sites excluding steroid dienone is 5. The molecule has 0 aliphatic rings. The van der Waals surface area contributed by atoms with Crippen molar-refractivity contribution in [3.8, 4) is 0 Å². The van der Waals surface area contributed by atoms with Crippen LogP contribution in [0.15, 0.2) is 36.5 Å². The minimum atomic E-state index is -0.842. The second-order valence-corrected chi connectivity index (χ2v) is 24.9. The topological polar surface area (TPSA) is 95.9 Å². The number of rotatable bonds is 68. The molecule has 3 N–H and O–H groups in total. The fourth-order valence-corrected chi connectivity index (χ4v) is 11.3. The van der Waals surface area contributed by atoms with E-state index in [-0.39, 0.29) is 18.5 Å². The van der Waals surface area contributed by atoms with E-state index in [2.05, 4.69) is 43.5 Å². The van der Waals surface area contributed by atoms with Gasteiger partial charge in [0.1, 0.15) is 0 Å². The van der Waals surface area contributed by atoms with E-state index >= 15 is 0 Å². The molecular formula is C74H141NO5. The standard InChI is InChI=1S/C74H141NO5/c1-3-5-7-9-11-13-15-17-18-19-33-37-40-44-48-52-56-60-64-68-74(79)80-69-65-61-57-53-49-45-41-38-35-32-30-28-26-24-22-20-21-23-25-27-29-31-34-36-39-43-47-51-55-59-63-67-73(78)75-71(70-76)72(77)66-62-58-54-50-46-42-16-14-12-10-8-6-4-2/h17-18,22,24,62,66,71-72,76-77H,3-16,19-21,23,25-61,63-65,67-70H2,1-2H3,(H,75,78)/b18-17-,24-22-,66-62+. The molecule has 0 saturated carbocycles. The van der Waals surface area contributed by atoms with Crippen LogP contribution in [0.1, 0.15) is 399 Å². The maximum absolute atomic E-state index is 12.5. The quantitative estimate of drug-likeness (QED) is 0.0320. The highest BCUT2D eigenvalue weighted by Crippen LogP contribution is 2.18. The van der Waals surface area contributed by atoms with Gasteiger partial charge in [0, 0.05) is 12.8 Å².